The molecule has 3 amide bonds. The smallest absolute Gasteiger partial charge is 0.319 e. The minimum Gasteiger partial charge on any atom is -0.371 e. The number of carbonyl (C=O) groups excluding carboxylic acids is 2. The predicted octanol–water partition coefficient (Wildman–Crippen LogP) is 4.13. The summed E-state index contributed by atoms with van der Waals surface area (Å²) in [5.41, 5.74) is 3.56. The highest BCUT2D eigenvalue weighted by Crippen LogP contribution is 2.22. The van der Waals surface area contributed by atoms with Crippen LogP contribution >= 0.6 is 0 Å². The summed E-state index contributed by atoms with van der Waals surface area (Å²) in [5.74, 6) is -0.0515. The monoisotopic (exact) mass is 380 g/mol. The van der Waals surface area contributed by atoms with E-state index in [1.54, 1.807) is 13.0 Å². The Hall–Kier alpha value is -3.02. The molecule has 3 rings (SSSR count). The Balaban J connectivity index is 1.52. The molecule has 6 heteroatoms. The van der Waals surface area contributed by atoms with Crippen LogP contribution in [0.15, 0.2) is 48.5 Å². The SMILES string of the molecule is CCC(=O)Nc1ccc(C)c(NC(=O)NC2CCN(c3ccccc3)CC2)c1. The van der Waals surface area contributed by atoms with Crippen molar-refractivity contribution in [1.29, 1.82) is 0 Å². The van der Waals surface area contributed by atoms with E-state index in [-0.39, 0.29) is 18.0 Å². The lowest BCUT2D eigenvalue weighted by Crippen LogP contribution is -2.46. The molecule has 0 aromatic heterocycles. The molecule has 0 unspecified atom stereocenters. The zero-order chi connectivity index (χ0) is 19.9. The van der Waals surface area contributed by atoms with Crippen molar-refractivity contribution in [3.05, 3.63) is 54.1 Å². The van der Waals surface area contributed by atoms with Crippen LogP contribution in [0.1, 0.15) is 31.7 Å². The highest BCUT2D eigenvalue weighted by molar-refractivity contribution is 5.94. The van der Waals surface area contributed by atoms with Crippen LogP contribution in [0.4, 0.5) is 21.9 Å². The van der Waals surface area contributed by atoms with Gasteiger partial charge in [-0.05, 0) is 49.6 Å². The first-order valence-corrected chi connectivity index (χ1v) is 9.83. The molecule has 0 atom stereocenters. The molecule has 0 saturated carbocycles. The first-order valence-electron chi connectivity index (χ1n) is 9.83. The summed E-state index contributed by atoms with van der Waals surface area (Å²) in [4.78, 5) is 26.4. The van der Waals surface area contributed by atoms with Crippen molar-refractivity contribution in [2.45, 2.75) is 39.2 Å². The molecule has 148 valence electrons. The fourth-order valence-corrected chi connectivity index (χ4v) is 3.35. The number of carbonyl (C=O) groups is 2. The van der Waals surface area contributed by atoms with Crippen LogP contribution in [0, 0.1) is 6.92 Å². The zero-order valence-electron chi connectivity index (χ0n) is 16.5. The summed E-state index contributed by atoms with van der Waals surface area (Å²) >= 11 is 0. The molecule has 0 spiro atoms. The standard InChI is InChI=1S/C22H28N4O2/c1-3-21(27)23-18-10-9-16(2)20(15-18)25-22(28)24-17-11-13-26(14-12-17)19-7-5-4-6-8-19/h4-10,15,17H,3,11-14H2,1-2H3,(H,23,27)(H2,24,25,28). The predicted molar refractivity (Wildman–Crippen MR) is 114 cm³/mol. The van der Waals surface area contributed by atoms with Gasteiger partial charge in [0.05, 0.1) is 0 Å². The van der Waals surface area contributed by atoms with Crippen molar-refractivity contribution in [2.75, 3.05) is 28.6 Å². The van der Waals surface area contributed by atoms with Crippen molar-refractivity contribution >= 4 is 29.0 Å². The van der Waals surface area contributed by atoms with Crippen molar-refractivity contribution < 1.29 is 9.59 Å². The lowest BCUT2D eigenvalue weighted by Gasteiger charge is -2.34. The van der Waals surface area contributed by atoms with Gasteiger partial charge in [0.25, 0.3) is 0 Å². The Morgan fingerprint density at radius 1 is 1.04 bits per heavy atom. The lowest BCUT2D eigenvalue weighted by molar-refractivity contribution is -0.115. The first-order chi connectivity index (χ1) is 13.5. The van der Waals surface area contributed by atoms with Crippen LogP contribution in [-0.4, -0.2) is 31.1 Å². The number of aryl methyl sites for hydroxylation is 1. The van der Waals surface area contributed by atoms with Crippen molar-refractivity contribution in [3.63, 3.8) is 0 Å². The summed E-state index contributed by atoms with van der Waals surface area (Å²) in [5, 5.41) is 8.81. The number of benzene rings is 2. The van der Waals surface area contributed by atoms with Crippen molar-refractivity contribution in [1.82, 2.24) is 5.32 Å². The Morgan fingerprint density at radius 3 is 2.43 bits per heavy atom. The molecule has 2 aromatic rings. The maximum atomic E-state index is 12.5. The number of piperidine rings is 1. The quantitative estimate of drug-likeness (QED) is 0.730. The van der Waals surface area contributed by atoms with Gasteiger partial charge in [0.15, 0.2) is 0 Å². The second-order valence-electron chi connectivity index (χ2n) is 7.13. The van der Waals surface area contributed by atoms with Gasteiger partial charge in [-0.2, -0.15) is 0 Å². The fraction of sp³-hybridized carbons (Fsp3) is 0.364. The molecular weight excluding hydrogens is 352 g/mol. The molecule has 1 fully saturated rings. The third-order valence-corrected chi connectivity index (χ3v) is 5.04. The number of nitrogens with zero attached hydrogens (tertiary/aromatic N) is 1. The van der Waals surface area contributed by atoms with Gasteiger partial charge in [-0.25, -0.2) is 4.79 Å². The summed E-state index contributed by atoms with van der Waals surface area (Å²) in [7, 11) is 0. The molecular formula is C22H28N4O2. The maximum Gasteiger partial charge on any atom is 0.319 e. The van der Waals surface area contributed by atoms with Crippen LogP contribution in [-0.2, 0) is 4.79 Å². The number of nitrogens with one attached hydrogen (secondary N) is 3. The van der Waals surface area contributed by atoms with Gasteiger partial charge in [0.2, 0.25) is 5.91 Å². The Labute approximate surface area is 166 Å². The van der Waals surface area contributed by atoms with E-state index in [1.165, 1.54) is 5.69 Å². The van der Waals surface area contributed by atoms with E-state index in [0.29, 0.717) is 17.8 Å². The topological polar surface area (TPSA) is 73.5 Å². The summed E-state index contributed by atoms with van der Waals surface area (Å²) in [6.07, 6.45) is 2.24. The first kappa shape index (κ1) is 19.7. The number of urea groups is 1. The number of para-hydroxylation sites is 1. The minimum atomic E-state index is -0.208. The number of amides is 3. The van der Waals surface area contributed by atoms with Crippen LogP contribution in [0.2, 0.25) is 0 Å². The average Bonchev–Trinajstić information content (AvgIpc) is 2.71. The van der Waals surface area contributed by atoms with Crippen LogP contribution < -0.4 is 20.9 Å². The average molecular weight is 380 g/mol. The summed E-state index contributed by atoms with van der Waals surface area (Å²) < 4.78 is 0. The van der Waals surface area contributed by atoms with Crippen LogP contribution in [0.5, 0.6) is 0 Å². The largest absolute Gasteiger partial charge is 0.371 e. The maximum absolute atomic E-state index is 12.5. The van der Waals surface area contributed by atoms with E-state index in [2.05, 4.69) is 33.0 Å². The molecule has 6 nitrogen and oxygen atoms in total. The highest BCUT2D eigenvalue weighted by atomic mass is 16.2. The molecule has 1 saturated heterocycles. The minimum absolute atomic E-state index is 0.0515. The van der Waals surface area contributed by atoms with Gasteiger partial charge >= 0.3 is 6.03 Å². The van der Waals surface area contributed by atoms with Gasteiger partial charge in [0.1, 0.15) is 0 Å². The van der Waals surface area contributed by atoms with E-state index in [1.807, 2.05) is 37.3 Å². The molecule has 0 bridgehead atoms. The third-order valence-electron chi connectivity index (χ3n) is 5.04. The number of hydrogen-bond acceptors (Lipinski definition) is 3. The molecule has 0 aliphatic carbocycles. The van der Waals surface area contributed by atoms with Crippen molar-refractivity contribution in [3.8, 4) is 0 Å². The second kappa shape index (κ2) is 9.26. The normalized spacial score (nSPS) is 14.4. The van der Waals surface area contributed by atoms with Crippen LogP contribution in [0.3, 0.4) is 0 Å². The lowest BCUT2D eigenvalue weighted by atomic mass is 10.0. The van der Waals surface area contributed by atoms with E-state index in [9.17, 15) is 9.59 Å². The molecule has 1 heterocycles. The third kappa shape index (κ3) is 5.25. The number of hydrogen-bond donors (Lipinski definition) is 3. The zero-order valence-corrected chi connectivity index (χ0v) is 16.5. The van der Waals surface area contributed by atoms with Gasteiger partial charge < -0.3 is 20.9 Å². The summed E-state index contributed by atoms with van der Waals surface area (Å²) in [6, 6.07) is 15.8. The van der Waals surface area contributed by atoms with Gasteiger partial charge in [-0.1, -0.05) is 31.2 Å². The Kier molecular flexibility index (Phi) is 6.53. The summed E-state index contributed by atoms with van der Waals surface area (Å²) in [6.45, 7) is 5.58. The molecule has 3 N–H and O–H groups in total. The van der Waals surface area contributed by atoms with E-state index in [4.69, 9.17) is 0 Å². The molecule has 28 heavy (non-hydrogen) atoms. The second-order valence-corrected chi connectivity index (χ2v) is 7.13. The Morgan fingerprint density at radius 2 is 1.75 bits per heavy atom. The molecule has 2 aromatic carbocycles. The Bertz CT molecular complexity index is 815. The van der Waals surface area contributed by atoms with E-state index >= 15 is 0 Å². The number of anilines is 3. The molecule has 0 radical (unpaired) electrons. The number of rotatable bonds is 5. The van der Waals surface area contributed by atoms with Gasteiger partial charge in [-0.3, -0.25) is 4.79 Å². The highest BCUT2D eigenvalue weighted by Gasteiger charge is 2.21. The molecule has 1 aliphatic heterocycles. The van der Waals surface area contributed by atoms with Crippen LogP contribution in [0.25, 0.3) is 0 Å². The van der Waals surface area contributed by atoms with Gasteiger partial charge in [0, 0.05) is 42.6 Å². The van der Waals surface area contributed by atoms with Gasteiger partial charge in [-0.15, -0.1) is 0 Å². The van der Waals surface area contributed by atoms with Crippen molar-refractivity contribution in [2.24, 2.45) is 0 Å². The van der Waals surface area contributed by atoms with E-state index in [0.717, 1.165) is 31.5 Å². The fourth-order valence-electron chi connectivity index (χ4n) is 3.35. The van der Waals surface area contributed by atoms with E-state index < -0.39 is 0 Å². The molecule has 1 aliphatic rings.